The van der Waals surface area contributed by atoms with Crippen LogP contribution >= 0.6 is 11.3 Å². The summed E-state index contributed by atoms with van der Waals surface area (Å²) in [6, 6.07) is 17.0. The Labute approximate surface area is 298 Å². The van der Waals surface area contributed by atoms with Gasteiger partial charge in [0.25, 0.3) is 0 Å². The summed E-state index contributed by atoms with van der Waals surface area (Å²) < 4.78 is 5.69. The molecular weight excluding hydrogens is 643 g/mol. The molecule has 2 unspecified atom stereocenters. The molecule has 4 atom stereocenters. The normalized spacial score (nSPS) is 23.0. The molecular formula is C40H49N7O2S. The van der Waals surface area contributed by atoms with Crippen LogP contribution in [-0.2, 0) is 4.74 Å². The molecule has 2 bridgehead atoms. The van der Waals surface area contributed by atoms with Crippen molar-refractivity contribution in [1.29, 1.82) is 0 Å². The van der Waals surface area contributed by atoms with Gasteiger partial charge >= 0.3 is 6.09 Å². The minimum Gasteiger partial charge on any atom is -0.444 e. The minimum atomic E-state index is -0.525. The van der Waals surface area contributed by atoms with Crippen molar-refractivity contribution in [2.45, 2.75) is 103 Å². The number of hydrogen-bond acceptors (Lipinski definition) is 7. The smallest absolute Gasteiger partial charge is 0.410 e. The number of imidazole rings is 2. The van der Waals surface area contributed by atoms with Gasteiger partial charge in [0.2, 0.25) is 0 Å². The van der Waals surface area contributed by atoms with Crippen molar-refractivity contribution in [3.63, 3.8) is 0 Å². The highest BCUT2D eigenvalue weighted by Gasteiger charge is 2.45. The molecule has 1 amide bonds. The first-order valence-corrected chi connectivity index (χ1v) is 19.3. The largest absolute Gasteiger partial charge is 0.444 e. The van der Waals surface area contributed by atoms with Crippen LogP contribution in [0, 0.1) is 0 Å². The molecule has 9 nitrogen and oxygen atoms in total. The SMILES string of the molecule is CC.CN1C2CCC1c1c(-c3ccc(-c4cnc([C@@H]5CCCN5C(=O)OC(C)(C)C)[nH]4)s3)ccc(-c3ccc4nc([C@@H]5CCCN5)[nH]c4c3)c12. The van der Waals surface area contributed by atoms with Crippen LogP contribution in [0.25, 0.3) is 43.2 Å². The number of carbonyl (C=O) groups is 1. The fourth-order valence-electron chi connectivity index (χ4n) is 8.59. The molecule has 5 aromatic rings. The van der Waals surface area contributed by atoms with Crippen molar-refractivity contribution in [1.82, 2.24) is 35.1 Å². The predicted molar refractivity (Wildman–Crippen MR) is 201 cm³/mol. The molecule has 0 spiro atoms. The van der Waals surface area contributed by atoms with Crippen molar-refractivity contribution in [3.05, 3.63) is 71.4 Å². The predicted octanol–water partition coefficient (Wildman–Crippen LogP) is 9.69. The van der Waals surface area contributed by atoms with Gasteiger partial charge in [-0.05, 0) is 125 Å². The topological polar surface area (TPSA) is 102 Å². The van der Waals surface area contributed by atoms with E-state index in [4.69, 9.17) is 14.7 Å². The number of fused-ring (bicyclic) bond motifs is 6. The van der Waals surface area contributed by atoms with Gasteiger partial charge in [-0.1, -0.05) is 32.0 Å². The first-order valence-electron chi connectivity index (χ1n) is 18.5. The maximum Gasteiger partial charge on any atom is 0.410 e. The quantitative estimate of drug-likeness (QED) is 0.170. The molecule has 50 heavy (non-hydrogen) atoms. The Morgan fingerprint density at radius 1 is 0.880 bits per heavy atom. The van der Waals surface area contributed by atoms with Crippen LogP contribution < -0.4 is 5.32 Å². The lowest BCUT2D eigenvalue weighted by atomic mass is 9.83. The summed E-state index contributed by atoms with van der Waals surface area (Å²) in [5.74, 6) is 1.88. The summed E-state index contributed by atoms with van der Waals surface area (Å²) in [5, 5.41) is 3.57. The van der Waals surface area contributed by atoms with Crippen molar-refractivity contribution in [2.24, 2.45) is 0 Å². The number of thiophene rings is 1. The molecule has 2 aromatic carbocycles. The molecule has 3 saturated heterocycles. The summed E-state index contributed by atoms with van der Waals surface area (Å²) in [4.78, 5) is 36.6. The number of ether oxygens (including phenoxy) is 1. The van der Waals surface area contributed by atoms with E-state index in [1.807, 2.05) is 57.1 Å². The zero-order valence-corrected chi connectivity index (χ0v) is 30.9. The van der Waals surface area contributed by atoms with Gasteiger partial charge in [-0.15, -0.1) is 11.3 Å². The number of aromatic nitrogens is 4. The maximum absolute atomic E-state index is 12.9. The molecule has 0 saturated carbocycles. The third-order valence-electron chi connectivity index (χ3n) is 10.8. The van der Waals surface area contributed by atoms with Crippen LogP contribution in [0.4, 0.5) is 4.79 Å². The first-order chi connectivity index (χ1) is 24.2. The van der Waals surface area contributed by atoms with E-state index in [9.17, 15) is 4.79 Å². The lowest BCUT2D eigenvalue weighted by Crippen LogP contribution is -2.36. The standard InChI is InChI=1S/C38H43N7O2S.C2H6/c1-38(2,3)47-37(46)45-18-6-8-30(45)36-40-20-27(43-36)32-16-15-31(48-32)23-11-10-22(33-28-13-14-29(34(23)33)44(28)4)21-9-12-24-26(19-21)42-35(41-24)25-7-5-17-39-25;1-2/h9-12,15-16,19-20,25,28-30,39H,5-8,13-14,17-18H2,1-4H3,(H,40,43)(H,41,42);1-2H3/t25-,28?,29?,30-;/m0./s1. The Morgan fingerprint density at radius 2 is 1.64 bits per heavy atom. The molecule has 4 aliphatic rings. The van der Waals surface area contributed by atoms with E-state index < -0.39 is 5.60 Å². The maximum atomic E-state index is 12.9. The van der Waals surface area contributed by atoms with E-state index in [-0.39, 0.29) is 12.1 Å². The highest BCUT2D eigenvalue weighted by molar-refractivity contribution is 7.18. The number of likely N-dealkylation sites (tertiary alicyclic amines) is 1. The zero-order chi connectivity index (χ0) is 34.7. The lowest BCUT2D eigenvalue weighted by molar-refractivity contribution is 0.0218. The Bertz CT molecular complexity index is 2030. The molecule has 0 aliphatic carbocycles. The summed E-state index contributed by atoms with van der Waals surface area (Å²) in [7, 11) is 2.30. The Morgan fingerprint density at radius 3 is 2.40 bits per heavy atom. The van der Waals surface area contributed by atoms with Crippen molar-refractivity contribution in [2.75, 3.05) is 20.1 Å². The van der Waals surface area contributed by atoms with Crippen LogP contribution in [-0.4, -0.2) is 61.6 Å². The molecule has 3 aromatic heterocycles. The average Bonchev–Trinajstić information content (AvgIpc) is 3.96. The summed E-state index contributed by atoms with van der Waals surface area (Å²) in [6.07, 6.45) is 8.19. The van der Waals surface area contributed by atoms with Gasteiger partial charge < -0.3 is 20.0 Å². The molecule has 10 heteroatoms. The molecule has 3 fully saturated rings. The van der Waals surface area contributed by atoms with Crippen LogP contribution in [0.1, 0.15) is 120 Å². The van der Waals surface area contributed by atoms with Gasteiger partial charge in [-0.25, -0.2) is 14.8 Å². The van der Waals surface area contributed by atoms with E-state index in [2.05, 4.69) is 69.7 Å². The average molecular weight is 692 g/mol. The van der Waals surface area contributed by atoms with Crippen LogP contribution in [0.5, 0.6) is 0 Å². The third-order valence-corrected chi connectivity index (χ3v) is 11.9. The summed E-state index contributed by atoms with van der Waals surface area (Å²) in [5.41, 5.74) is 9.53. The highest BCUT2D eigenvalue weighted by Crippen LogP contribution is 2.58. The number of benzene rings is 2. The van der Waals surface area contributed by atoms with E-state index >= 15 is 0 Å². The van der Waals surface area contributed by atoms with Crippen LogP contribution in [0.15, 0.2) is 48.7 Å². The Kier molecular flexibility index (Phi) is 8.60. The minimum absolute atomic E-state index is 0.0955. The van der Waals surface area contributed by atoms with Crippen molar-refractivity contribution < 1.29 is 9.53 Å². The van der Waals surface area contributed by atoms with E-state index in [0.717, 1.165) is 59.1 Å². The van der Waals surface area contributed by atoms with Gasteiger partial charge in [0.15, 0.2) is 0 Å². The van der Waals surface area contributed by atoms with Gasteiger partial charge in [-0.3, -0.25) is 9.80 Å². The molecule has 0 radical (unpaired) electrons. The number of amides is 1. The second kappa shape index (κ2) is 13.0. The van der Waals surface area contributed by atoms with Crippen LogP contribution in [0.2, 0.25) is 0 Å². The van der Waals surface area contributed by atoms with Crippen molar-refractivity contribution in [3.8, 4) is 32.1 Å². The number of H-pyrrole nitrogens is 2. The van der Waals surface area contributed by atoms with E-state index in [1.165, 1.54) is 52.0 Å². The fourth-order valence-corrected chi connectivity index (χ4v) is 9.60. The molecule has 262 valence electrons. The van der Waals surface area contributed by atoms with Crippen LogP contribution in [0.3, 0.4) is 0 Å². The van der Waals surface area contributed by atoms with E-state index in [1.54, 1.807) is 0 Å². The number of aromatic amines is 2. The molecule has 3 N–H and O–H groups in total. The lowest BCUT2D eigenvalue weighted by Gasteiger charge is -2.27. The fraction of sp³-hybridized carbons (Fsp3) is 0.475. The van der Waals surface area contributed by atoms with Gasteiger partial charge in [0.05, 0.1) is 39.9 Å². The van der Waals surface area contributed by atoms with Gasteiger partial charge in [0, 0.05) is 23.5 Å². The Hall–Kier alpha value is -3.99. The second-order valence-electron chi connectivity index (χ2n) is 14.9. The first kappa shape index (κ1) is 33.2. The number of nitrogens with one attached hydrogen (secondary N) is 3. The summed E-state index contributed by atoms with van der Waals surface area (Å²) in [6.45, 7) is 11.5. The zero-order valence-electron chi connectivity index (χ0n) is 30.1. The van der Waals surface area contributed by atoms with Gasteiger partial charge in [-0.2, -0.15) is 0 Å². The molecule has 7 heterocycles. The molecule has 4 aliphatic heterocycles. The number of rotatable bonds is 5. The van der Waals surface area contributed by atoms with Gasteiger partial charge in [0.1, 0.15) is 17.2 Å². The number of carbonyl (C=O) groups excluding carboxylic acids is 1. The summed E-state index contributed by atoms with van der Waals surface area (Å²) >= 11 is 1.81. The highest BCUT2D eigenvalue weighted by atomic mass is 32.1. The second-order valence-corrected chi connectivity index (χ2v) is 16.0. The Balaban J connectivity index is 0.00000177. The third kappa shape index (κ3) is 5.75. The monoisotopic (exact) mass is 691 g/mol. The molecule has 9 rings (SSSR count). The van der Waals surface area contributed by atoms with E-state index in [0.29, 0.717) is 24.7 Å². The van der Waals surface area contributed by atoms with Crippen molar-refractivity contribution >= 4 is 28.5 Å². The number of nitrogens with zero attached hydrogens (tertiary/aromatic N) is 4. The number of hydrogen-bond donors (Lipinski definition) is 3.